The summed E-state index contributed by atoms with van der Waals surface area (Å²) in [6, 6.07) is 9.84. The molecule has 1 aromatic carbocycles. The van der Waals surface area contributed by atoms with Crippen LogP contribution >= 0.6 is 0 Å². The number of nitrogens with one attached hydrogen (secondary N) is 2. The Morgan fingerprint density at radius 2 is 2.05 bits per heavy atom. The summed E-state index contributed by atoms with van der Waals surface area (Å²) in [4.78, 5) is 13.9. The van der Waals surface area contributed by atoms with Crippen molar-refractivity contribution in [2.24, 2.45) is 0 Å². The minimum Gasteiger partial charge on any atom is -0.369 e. The summed E-state index contributed by atoms with van der Waals surface area (Å²) in [5, 5.41) is 5.45. The van der Waals surface area contributed by atoms with Crippen molar-refractivity contribution in [1.82, 2.24) is 10.6 Å². The molecule has 2 N–H and O–H groups in total. The molecule has 116 valence electrons. The van der Waals surface area contributed by atoms with Crippen LogP contribution < -0.4 is 15.5 Å². The molecule has 1 atom stereocenters. The Balaban J connectivity index is 1.74. The highest BCUT2D eigenvalue weighted by Gasteiger charge is 2.23. The monoisotopic (exact) mass is 311 g/mol. The maximum absolute atomic E-state index is 11.7. The van der Waals surface area contributed by atoms with Gasteiger partial charge < -0.3 is 15.5 Å². The van der Waals surface area contributed by atoms with Crippen molar-refractivity contribution in [2.45, 2.75) is 12.5 Å². The number of amides is 2. The van der Waals surface area contributed by atoms with Gasteiger partial charge in [-0.05, 0) is 18.6 Å². The van der Waals surface area contributed by atoms with Crippen LogP contribution in [0.2, 0.25) is 0 Å². The quantitative estimate of drug-likeness (QED) is 0.835. The van der Waals surface area contributed by atoms with Gasteiger partial charge in [0.2, 0.25) is 0 Å². The zero-order chi connectivity index (χ0) is 15.3. The third-order valence-electron chi connectivity index (χ3n) is 3.40. The number of carbonyl (C=O) groups is 1. The van der Waals surface area contributed by atoms with Gasteiger partial charge in [0.25, 0.3) is 0 Å². The first kappa shape index (κ1) is 15.6. The van der Waals surface area contributed by atoms with Gasteiger partial charge in [-0.25, -0.2) is 13.2 Å². The van der Waals surface area contributed by atoms with Gasteiger partial charge in [0.05, 0.1) is 5.75 Å². The lowest BCUT2D eigenvalue weighted by molar-refractivity contribution is 0.238. The molecule has 1 aliphatic heterocycles. The summed E-state index contributed by atoms with van der Waals surface area (Å²) < 4.78 is 22.0. The minimum absolute atomic E-state index is 0.0404. The Kier molecular flexibility index (Phi) is 5.06. The van der Waals surface area contributed by atoms with Gasteiger partial charge in [-0.1, -0.05) is 18.2 Å². The molecule has 1 saturated heterocycles. The Morgan fingerprint density at radius 3 is 2.71 bits per heavy atom. The van der Waals surface area contributed by atoms with Crippen LogP contribution in [0.5, 0.6) is 0 Å². The lowest BCUT2D eigenvalue weighted by Crippen LogP contribution is -2.44. The highest BCUT2D eigenvalue weighted by atomic mass is 32.2. The predicted molar refractivity (Wildman–Crippen MR) is 83.3 cm³/mol. The van der Waals surface area contributed by atoms with E-state index in [0.29, 0.717) is 0 Å². The van der Waals surface area contributed by atoms with Crippen LogP contribution in [-0.4, -0.2) is 52.1 Å². The molecule has 21 heavy (non-hydrogen) atoms. The molecule has 1 unspecified atom stereocenters. The smallest absolute Gasteiger partial charge is 0.315 e. The van der Waals surface area contributed by atoms with Gasteiger partial charge in [0.15, 0.2) is 0 Å². The number of urea groups is 1. The fourth-order valence-corrected chi connectivity index (χ4v) is 2.81. The van der Waals surface area contributed by atoms with Crippen LogP contribution in [0.25, 0.3) is 0 Å². The van der Waals surface area contributed by atoms with Crippen molar-refractivity contribution in [3.05, 3.63) is 30.3 Å². The molecule has 0 spiro atoms. The fourth-order valence-electron chi connectivity index (χ4n) is 2.34. The standard InChI is InChI=1S/C14H21N3O3S/c1-21(19,20)10-8-15-14(18)16-12-7-9-17(11-12)13-5-3-2-4-6-13/h2-6,12H,7-11H2,1H3,(H2,15,16,18). The van der Waals surface area contributed by atoms with E-state index >= 15 is 0 Å². The number of para-hydroxylation sites is 1. The first-order chi connectivity index (χ1) is 9.94. The average Bonchev–Trinajstić information content (AvgIpc) is 2.86. The van der Waals surface area contributed by atoms with Crippen molar-refractivity contribution < 1.29 is 13.2 Å². The third kappa shape index (κ3) is 5.26. The number of sulfone groups is 1. The van der Waals surface area contributed by atoms with E-state index in [0.717, 1.165) is 31.5 Å². The molecule has 1 aromatic rings. The predicted octanol–water partition coefficient (Wildman–Crippen LogP) is 0.609. The molecule has 0 saturated carbocycles. The number of nitrogens with zero attached hydrogens (tertiary/aromatic N) is 1. The zero-order valence-corrected chi connectivity index (χ0v) is 12.9. The molecule has 0 radical (unpaired) electrons. The van der Waals surface area contributed by atoms with Gasteiger partial charge in [-0.15, -0.1) is 0 Å². The minimum atomic E-state index is -3.04. The van der Waals surface area contributed by atoms with E-state index in [9.17, 15) is 13.2 Å². The van der Waals surface area contributed by atoms with Gasteiger partial charge in [-0.2, -0.15) is 0 Å². The second kappa shape index (κ2) is 6.80. The highest BCUT2D eigenvalue weighted by Crippen LogP contribution is 2.19. The number of carbonyl (C=O) groups excluding carboxylic acids is 1. The summed E-state index contributed by atoms with van der Waals surface area (Å²) in [7, 11) is -3.04. The number of rotatable bonds is 5. The summed E-state index contributed by atoms with van der Waals surface area (Å²) in [5.41, 5.74) is 1.15. The summed E-state index contributed by atoms with van der Waals surface area (Å²) in [6.45, 7) is 1.81. The first-order valence-electron chi connectivity index (χ1n) is 6.96. The van der Waals surface area contributed by atoms with Crippen LogP contribution in [0, 0.1) is 0 Å². The normalized spacial score (nSPS) is 18.5. The lowest BCUT2D eigenvalue weighted by Gasteiger charge is -2.19. The summed E-state index contributed by atoms with van der Waals surface area (Å²) >= 11 is 0. The van der Waals surface area contributed by atoms with Crippen LogP contribution in [0.1, 0.15) is 6.42 Å². The summed E-state index contributed by atoms with van der Waals surface area (Å²) in [5.74, 6) is -0.0404. The maximum Gasteiger partial charge on any atom is 0.315 e. The molecule has 2 rings (SSSR count). The van der Waals surface area contributed by atoms with Crippen LogP contribution in [-0.2, 0) is 9.84 Å². The Hall–Kier alpha value is -1.76. The van der Waals surface area contributed by atoms with Crippen LogP contribution in [0.3, 0.4) is 0 Å². The van der Waals surface area contributed by atoms with E-state index in [1.54, 1.807) is 0 Å². The van der Waals surface area contributed by atoms with E-state index in [4.69, 9.17) is 0 Å². The number of hydrogen-bond acceptors (Lipinski definition) is 4. The van der Waals surface area contributed by atoms with Crippen LogP contribution in [0.4, 0.5) is 10.5 Å². The molecule has 1 aliphatic rings. The van der Waals surface area contributed by atoms with Crippen molar-refractivity contribution in [2.75, 3.05) is 36.5 Å². The van der Waals surface area contributed by atoms with E-state index in [1.165, 1.54) is 0 Å². The molecule has 0 aromatic heterocycles. The van der Waals surface area contributed by atoms with E-state index in [2.05, 4.69) is 27.7 Å². The van der Waals surface area contributed by atoms with Gasteiger partial charge in [0, 0.05) is 37.6 Å². The van der Waals surface area contributed by atoms with E-state index < -0.39 is 9.84 Å². The number of anilines is 1. The Bertz CT molecular complexity index is 574. The van der Waals surface area contributed by atoms with Crippen molar-refractivity contribution in [3.8, 4) is 0 Å². The van der Waals surface area contributed by atoms with Gasteiger partial charge in [-0.3, -0.25) is 0 Å². The Labute approximate surface area is 125 Å². The lowest BCUT2D eigenvalue weighted by atomic mass is 10.3. The summed E-state index contributed by atoms with van der Waals surface area (Å²) in [6.07, 6.45) is 2.04. The Morgan fingerprint density at radius 1 is 1.33 bits per heavy atom. The first-order valence-corrected chi connectivity index (χ1v) is 9.02. The molecular formula is C14H21N3O3S. The van der Waals surface area contributed by atoms with Crippen molar-refractivity contribution >= 4 is 21.6 Å². The average molecular weight is 311 g/mol. The molecule has 0 aliphatic carbocycles. The highest BCUT2D eigenvalue weighted by molar-refractivity contribution is 7.90. The van der Waals surface area contributed by atoms with Gasteiger partial charge >= 0.3 is 6.03 Å². The van der Waals surface area contributed by atoms with Crippen molar-refractivity contribution in [3.63, 3.8) is 0 Å². The van der Waals surface area contributed by atoms with Crippen LogP contribution in [0.15, 0.2) is 30.3 Å². The van der Waals surface area contributed by atoms with E-state index in [-0.39, 0.29) is 24.4 Å². The second-order valence-electron chi connectivity index (χ2n) is 5.30. The molecule has 1 heterocycles. The molecule has 6 nitrogen and oxygen atoms in total. The zero-order valence-electron chi connectivity index (χ0n) is 12.1. The molecular weight excluding hydrogens is 290 g/mol. The molecule has 2 amide bonds. The van der Waals surface area contributed by atoms with Crippen molar-refractivity contribution in [1.29, 1.82) is 0 Å². The SMILES string of the molecule is CS(=O)(=O)CCNC(=O)NC1CCN(c2ccccc2)C1. The second-order valence-corrected chi connectivity index (χ2v) is 7.56. The fraction of sp³-hybridized carbons (Fsp3) is 0.500. The number of hydrogen-bond donors (Lipinski definition) is 2. The number of benzene rings is 1. The van der Waals surface area contributed by atoms with E-state index in [1.807, 2.05) is 18.2 Å². The third-order valence-corrected chi connectivity index (χ3v) is 4.35. The maximum atomic E-state index is 11.7. The molecule has 0 bridgehead atoms. The molecule has 7 heteroatoms. The molecule has 1 fully saturated rings. The largest absolute Gasteiger partial charge is 0.369 e. The van der Waals surface area contributed by atoms with Gasteiger partial charge in [0.1, 0.15) is 9.84 Å². The topological polar surface area (TPSA) is 78.5 Å².